The van der Waals surface area contributed by atoms with Crippen molar-refractivity contribution in [2.24, 2.45) is 5.41 Å². The Morgan fingerprint density at radius 2 is 1.66 bits per heavy atom. The Balaban J connectivity index is 1.26. The average molecular weight is 603 g/mol. The van der Waals surface area contributed by atoms with Crippen LogP contribution in [-0.2, 0) is 21.4 Å². The van der Waals surface area contributed by atoms with Crippen molar-refractivity contribution in [3.8, 4) is 11.1 Å². The Hall–Kier alpha value is -3.80. The minimum atomic E-state index is -1.69. The number of rotatable bonds is 7. The zero-order valence-electron chi connectivity index (χ0n) is 26.2. The fourth-order valence-electron chi connectivity index (χ4n) is 6.92. The van der Waals surface area contributed by atoms with Gasteiger partial charge in [0, 0.05) is 30.5 Å². The number of hydrogen-bond acceptors (Lipinski definition) is 5. The van der Waals surface area contributed by atoms with Crippen LogP contribution in [0.3, 0.4) is 0 Å². The van der Waals surface area contributed by atoms with E-state index in [1.165, 1.54) is 19.9 Å². The van der Waals surface area contributed by atoms with Crippen molar-refractivity contribution in [1.82, 2.24) is 10.1 Å². The number of anilines is 1. The Morgan fingerprint density at radius 1 is 1.00 bits per heavy atom. The summed E-state index contributed by atoms with van der Waals surface area (Å²) >= 11 is 0. The van der Waals surface area contributed by atoms with E-state index < -0.39 is 22.9 Å². The van der Waals surface area contributed by atoms with Gasteiger partial charge in [0.05, 0.1) is 5.56 Å². The maximum absolute atomic E-state index is 15.2. The lowest BCUT2D eigenvalue weighted by atomic mass is 9.53. The first-order chi connectivity index (χ1) is 20.7. The first-order valence-corrected chi connectivity index (χ1v) is 15.5. The van der Waals surface area contributed by atoms with Gasteiger partial charge in [-0.3, -0.25) is 4.90 Å². The summed E-state index contributed by atoms with van der Waals surface area (Å²) in [6.07, 6.45) is 6.03. The van der Waals surface area contributed by atoms with Gasteiger partial charge in [-0.2, -0.15) is 4.98 Å². The summed E-state index contributed by atoms with van der Waals surface area (Å²) in [4.78, 5) is 23.6. The summed E-state index contributed by atoms with van der Waals surface area (Å²) in [6.45, 7) is 16.4. The molecule has 4 aliphatic rings. The Bertz CT molecular complexity index is 1600. The van der Waals surface area contributed by atoms with Crippen LogP contribution in [0.1, 0.15) is 103 Å². The average Bonchev–Trinajstić information content (AvgIpc) is 3.59. The molecule has 0 spiro atoms. The molecule has 7 rings (SSSR count). The molecule has 3 aromatic rings. The van der Waals surface area contributed by atoms with E-state index in [0.717, 1.165) is 44.1 Å². The number of ether oxygens (including phenoxy) is 1. The van der Waals surface area contributed by atoms with Crippen molar-refractivity contribution in [3.05, 3.63) is 77.0 Å². The maximum Gasteiger partial charge on any atom is 0.414 e. The largest absolute Gasteiger partial charge is 0.443 e. The molecule has 0 radical (unpaired) electrons. The number of alkyl halides is 1. The topological polar surface area (TPSA) is 72.8 Å². The van der Waals surface area contributed by atoms with E-state index in [1.807, 2.05) is 51.1 Å². The standard InChI is InChI=1S/C35H40F2N4O3/c1-31(2,3)43-30(42)41(22-33-12-15-34(16-13-33,17-14-33)28-39-29(44-40-28)32(4,5)37)25-9-7-8-23(20-25)24-10-11-26(27(36)21-24)35(38-6)18-19-35/h7-11,20-21H,12-19,22H2,1-5H3. The molecule has 1 heterocycles. The number of hydrogen-bond donors (Lipinski definition) is 0. The molecule has 4 fully saturated rings. The summed E-state index contributed by atoms with van der Waals surface area (Å²) in [5, 5.41) is 4.19. The minimum absolute atomic E-state index is 0.00761. The van der Waals surface area contributed by atoms with Crippen LogP contribution in [0, 0.1) is 17.8 Å². The van der Waals surface area contributed by atoms with Crippen LogP contribution < -0.4 is 4.90 Å². The van der Waals surface area contributed by atoms with Gasteiger partial charge >= 0.3 is 6.09 Å². The highest BCUT2D eigenvalue weighted by molar-refractivity contribution is 5.89. The van der Waals surface area contributed by atoms with Crippen molar-refractivity contribution in [3.63, 3.8) is 0 Å². The molecule has 2 bridgehead atoms. The quantitative estimate of drug-likeness (QED) is 0.252. The summed E-state index contributed by atoms with van der Waals surface area (Å²) in [6, 6.07) is 12.7. The number of carbonyl (C=O) groups is 1. The maximum atomic E-state index is 15.2. The van der Waals surface area contributed by atoms with Crippen LogP contribution in [0.25, 0.3) is 16.0 Å². The Kier molecular flexibility index (Phi) is 7.14. The Morgan fingerprint density at radius 3 is 2.20 bits per heavy atom. The predicted molar refractivity (Wildman–Crippen MR) is 163 cm³/mol. The van der Waals surface area contributed by atoms with Gasteiger partial charge in [0.25, 0.3) is 11.4 Å². The molecular weight excluding hydrogens is 562 g/mol. The predicted octanol–water partition coefficient (Wildman–Crippen LogP) is 9.02. The van der Waals surface area contributed by atoms with E-state index in [2.05, 4.69) is 15.0 Å². The molecule has 0 unspecified atom stereocenters. The molecule has 9 heteroatoms. The fourth-order valence-corrected chi connectivity index (χ4v) is 6.92. The van der Waals surface area contributed by atoms with Crippen LogP contribution >= 0.6 is 0 Å². The van der Waals surface area contributed by atoms with E-state index in [-0.39, 0.29) is 22.5 Å². The number of halogens is 2. The summed E-state index contributed by atoms with van der Waals surface area (Å²) in [5.74, 6) is 0.222. The highest BCUT2D eigenvalue weighted by Crippen LogP contribution is 2.58. The van der Waals surface area contributed by atoms with Crippen LogP contribution in [-0.4, -0.2) is 28.4 Å². The molecule has 7 nitrogen and oxygen atoms in total. The smallest absolute Gasteiger partial charge is 0.414 e. The zero-order valence-corrected chi connectivity index (χ0v) is 26.2. The molecule has 1 aromatic heterocycles. The minimum Gasteiger partial charge on any atom is -0.443 e. The zero-order chi connectivity index (χ0) is 31.5. The van der Waals surface area contributed by atoms with Gasteiger partial charge in [0.2, 0.25) is 0 Å². The molecular formula is C35H40F2N4O3. The van der Waals surface area contributed by atoms with Gasteiger partial charge in [-0.1, -0.05) is 23.4 Å². The molecule has 1 amide bonds. The summed E-state index contributed by atoms with van der Waals surface area (Å²) in [7, 11) is 0. The number of benzene rings is 2. The van der Waals surface area contributed by atoms with Crippen LogP contribution in [0.4, 0.5) is 19.3 Å². The molecule has 0 aliphatic heterocycles. The summed E-state index contributed by atoms with van der Waals surface area (Å²) < 4.78 is 40.8. The lowest BCUT2D eigenvalue weighted by molar-refractivity contribution is 0.0305. The first-order valence-electron chi connectivity index (χ1n) is 15.5. The van der Waals surface area contributed by atoms with Crippen LogP contribution in [0.15, 0.2) is 47.0 Å². The normalized spacial score (nSPS) is 24.0. The lowest BCUT2D eigenvalue weighted by Crippen LogP contribution is -2.51. The van der Waals surface area contributed by atoms with E-state index in [1.54, 1.807) is 11.0 Å². The third-order valence-corrected chi connectivity index (χ3v) is 9.82. The van der Waals surface area contributed by atoms with Gasteiger partial charge in [-0.05, 0) is 114 Å². The molecule has 2 aromatic carbocycles. The number of fused-ring (bicyclic) bond motifs is 3. The molecule has 44 heavy (non-hydrogen) atoms. The van der Waals surface area contributed by atoms with Crippen molar-refractivity contribution < 1.29 is 22.8 Å². The van der Waals surface area contributed by atoms with Crippen molar-refractivity contribution in [1.29, 1.82) is 0 Å². The van der Waals surface area contributed by atoms with E-state index in [9.17, 15) is 9.18 Å². The van der Waals surface area contributed by atoms with Crippen LogP contribution in [0.5, 0.6) is 0 Å². The second-order valence-corrected chi connectivity index (χ2v) is 14.6. The van der Waals surface area contributed by atoms with Crippen molar-refractivity contribution in [2.45, 2.75) is 108 Å². The second kappa shape index (κ2) is 10.4. The van der Waals surface area contributed by atoms with Crippen molar-refractivity contribution >= 4 is 11.8 Å². The first kappa shape index (κ1) is 30.2. The number of nitrogens with zero attached hydrogens (tertiary/aromatic N) is 4. The molecule has 0 saturated heterocycles. The van der Waals surface area contributed by atoms with Gasteiger partial charge in [-0.25, -0.2) is 20.1 Å². The second-order valence-electron chi connectivity index (χ2n) is 14.6. The lowest BCUT2D eigenvalue weighted by Gasteiger charge is -2.53. The molecule has 0 N–H and O–H groups in total. The molecule has 0 atom stereocenters. The van der Waals surface area contributed by atoms with Gasteiger partial charge < -0.3 is 14.1 Å². The van der Waals surface area contributed by atoms with Gasteiger partial charge in [-0.15, -0.1) is 0 Å². The SMILES string of the molecule is [C-]#[N+]C1(c2ccc(-c3cccc(N(CC45CCC(c6noc(C(C)(C)F)n6)(CC4)CC5)C(=O)OC(C)(C)C)c3)cc2F)CC1. The molecule has 4 aliphatic carbocycles. The fraction of sp³-hybridized carbons (Fsp3) is 0.543. The molecule has 4 saturated carbocycles. The Labute approximate surface area is 257 Å². The highest BCUT2D eigenvalue weighted by Gasteiger charge is 2.54. The molecule has 232 valence electrons. The summed E-state index contributed by atoms with van der Waals surface area (Å²) in [5.41, 5.74) is -0.842. The third-order valence-electron chi connectivity index (χ3n) is 9.82. The number of amides is 1. The van der Waals surface area contributed by atoms with E-state index >= 15 is 4.39 Å². The third kappa shape index (κ3) is 5.60. The van der Waals surface area contributed by atoms with E-state index in [0.29, 0.717) is 42.0 Å². The van der Waals surface area contributed by atoms with Gasteiger partial charge in [0.1, 0.15) is 11.4 Å². The number of carbonyl (C=O) groups excluding carboxylic acids is 1. The highest BCUT2D eigenvalue weighted by atomic mass is 19.1. The van der Waals surface area contributed by atoms with E-state index in [4.69, 9.17) is 15.8 Å². The van der Waals surface area contributed by atoms with Crippen LogP contribution in [0.2, 0.25) is 0 Å². The monoisotopic (exact) mass is 602 g/mol. The number of aromatic nitrogens is 2. The van der Waals surface area contributed by atoms with Crippen molar-refractivity contribution in [2.75, 3.05) is 11.4 Å². The van der Waals surface area contributed by atoms with Gasteiger partial charge in [0.15, 0.2) is 11.5 Å².